The summed E-state index contributed by atoms with van der Waals surface area (Å²) in [7, 11) is 0. The Morgan fingerprint density at radius 1 is 1.12 bits per heavy atom. The highest BCUT2D eigenvalue weighted by Crippen LogP contribution is 2.61. The topological polar surface area (TPSA) is 160 Å². The molecule has 0 aromatic heterocycles. The van der Waals surface area contributed by atoms with Gasteiger partial charge in [0.25, 0.3) is 5.92 Å². The van der Waals surface area contributed by atoms with Gasteiger partial charge in [0.05, 0.1) is 0 Å². The van der Waals surface area contributed by atoms with Gasteiger partial charge in [-0.1, -0.05) is 32.9 Å². The molecule has 13 heteroatoms. The van der Waals surface area contributed by atoms with Gasteiger partial charge in [-0.05, 0) is 44.9 Å². The summed E-state index contributed by atoms with van der Waals surface area (Å²) in [5, 5.41) is 7.85. The summed E-state index contributed by atoms with van der Waals surface area (Å²) < 4.78 is 35.7. The van der Waals surface area contributed by atoms with E-state index in [2.05, 4.69) is 16.0 Å². The first-order valence-electron chi connectivity index (χ1n) is 14.1. The summed E-state index contributed by atoms with van der Waals surface area (Å²) in [6.45, 7) is 10.5. The number of ether oxygens (including phenoxy) is 1. The third-order valence-electron chi connectivity index (χ3n) is 8.56. The van der Waals surface area contributed by atoms with E-state index in [4.69, 9.17) is 10.5 Å². The van der Waals surface area contributed by atoms with Gasteiger partial charge in [-0.15, -0.1) is 0 Å². The number of amides is 5. The Morgan fingerprint density at radius 2 is 1.76 bits per heavy atom. The van der Waals surface area contributed by atoms with E-state index in [9.17, 15) is 24.0 Å². The van der Waals surface area contributed by atoms with Crippen LogP contribution in [0.3, 0.4) is 0 Å². The van der Waals surface area contributed by atoms with Gasteiger partial charge in [0.1, 0.15) is 23.7 Å². The lowest BCUT2D eigenvalue weighted by Crippen LogP contribution is -2.60. The van der Waals surface area contributed by atoms with Crippen LogP contribution in [0.4, 0.5) is 13.6 Å². The Balaban J connectivity index is 1.63. The lowest BCUT2D eigenvalue weighted by Gasteiger charge is -2.37. The van der Waals surface area contributed by atoms with E-state index < -0.39 is 88.5 Å². The van der Waals surface area contributed by atoms with Crippen molar-refractivity contribution in [3.63, 3.8) is 0 Å². The Hall–Kier alpha value is -3.25. The van der Waals surface area contributed by atoms with E-state index in [0.717, 1.165) is 0 Å². The van der Waals surface area contributed by atoms with Crippen LogP contribution in [0.2, 0.25) is 0 Å². The molecule has 0 spiro atoms. The van der Waals surface area contributed by atoms with Crippen molar-refractivity contribution < 1.29 is 37.5 Å². The molecule has 5 amide bonds. The predicted molar refractivity (Wildman–Crippen MR) is 143 cm³/mol. The molecule has 0 radical (unpaired) electrons. The Morgan fingerprint density at radius 3 is 2.29 bits per heavy atom. The van der Waals surface area contributed by atoms with Crippen LogP contribution in [0.5, 0.6) is 0 Å². The first kappa shape index (κ1) is 30.7. The van der Waals surface area contributed by atoms with Gasteiger partial charge in [0, 0.05) is 36.8 Å². The number of likely N-dealkylation sites (tertiary alicyclic amines) is 1. The first-order chi connectivity index (χ1) is 18.8. The predicted octanol–water partition coefficient (Wildman–Crippen LogP) is 1.32. The number of alkyl halides is 2. The van der Waals surface area contributed by atoms with E-state index in [1.54, 1.807) is 41.5 Å². The van der Waals surface area contributed by atoms with Crippen LogP contribution in [-0.2, 0) is 23.9 Å². The number of rotatable bonds is 7. The molecule has 4 aliphatic rings. The molecule has 0 unspecified atom stereocenters. The van der Waals surface area contributed by atoms with Crippen molar-refractivity contribution in [2.75, 3.05) is 13.1 Å². The maximum atomic E-state index is 15.2. The SMILES string of the molecule is CC(C)(C)OC(=O)N[C@H](C(=O)N1C[C@H]2[C@@H]([C@H]1C(=O)N[C@@H](C[C@@H]1CCNC1=O)C(N)=O)[C@H]1C=C[C@@H]2C1(F)F)C(C)(C)C. The van der Waals surface area contributed by atoms with Crippen LogP contribution >= 0.6 is 0 Å². The van der Waals surface area contributed by atoms with Crippen molar-refractivity contribution in [1.29, 1.82) is 0 Å². The molecule has 2 aliphatic heterocycles. The smallest absolute Gasteiger partial charge is 0.408 e. The average molecular weight is 582 g/mol. The molecule has 2 saturated heterocycles. The second kappa shape index (κ2) is 10.5. The van der Waals surface area contributed by atoms with Gasteiger partial charge < -0.3 is 31.3 Å². The number of hydrogen-bond acceptors (Lipinski definition) is 6. The lowest BCUT2D eigenvalue weighted by atomic mass is 9.81. The molecule has 2 heterocycles. The van der Waals surface area contributed by atoms with E-state index in [1.165, 1.54) is 17.1 Å². The maximum absolute atomic E-state index is 15.2. The minimum atomic E-state index is -3.08. The van der Waals surface area contributed by atoms with Crippen LogP contribution < -0.4 is 21.7 Å². The van der Waals surface area contributed by atoms with Gasteiger partial charge in [-0.25, -0.2) is 13.6 Å². The number of carbonyl (C=O) groups excluding carboxylic acids is 5. The molecule has 228 valence electrons. The van der Waals surface area contributed by atoms with Gasteiger partial charge >= 0.3 is 6.09 Å². The molecule has 8 atom stereocenters. The molecule has 5 N–H and O–H groups in total. The molecule has 4 rings (SSSR count). The fraction of sp³-hybridized carbons (Fsp3) is 0.750. The van der Waals surface area contributed by atoms with Crippen molar-refractivity contribution in [2.45, 2.75) is 84.0 Å². The molecule has 0 aromatic carbocycles. The van der Waals surface area contributed by atoms with Crippen LogP contribution in [0.15, 0.2) is 12.2 Å². The number of nitrogens with zero attached hydrogens (tertiary/aromatic N) is 1. The Bertz CT molecular complexity index is 1150. The highest BCUT2D eigenvalue weighted by molar-refractivity contribution is 5.95. The monoisotopic (exact) mass is 581 g/mol. The Labute approximate surface area is 238 Å². The molecule has 1 saturated carbocycles. The zero-order valence-electron chi connectivity index (χ0n) is 24.3. The van der Waals surface area contributed by atoms with Crippen molar-refractivity contribution in [2.24, 2.45) is 40.7 Å². The van der Waals surface area contributed by atoms with Crippen LogP contribution in [0, 0.1) is 35.0 Å². The summed E-state index contributed by atoms with van der Waals surface area (Å²) in [4.78, 5) is 66.3. The molecule has 2 bridgehead atoms. The minimum absolute atomic E-state index is 0.0470. The molecule has 2 aliphatic carbocycles. The molecule has 3 fully saturated rings. The summed E-state index contributed by atoms with van der Waals surface area (Å²) in [5.41, 5.74) is 3.90. The molecular weight excluding hydrogens is 540 g/mol. The largest absolute Gasteiger partial charge is 0.444 e. The quantitative estimate of drug-likeness (QED) is 0.332. The number of fused-ring (bicyclic) bond motifs is 5. The molecular formula is C28H41F2N5O6. The number of alkyl carbamates (subject to hydrolysis) is 1. The first-order valence-corrected chi connectivity index (χ1v) is 14.1. The number of nitrogens with two attached hydrogens (primary N) is 1. The second-order valence-electron chi connectivity index (χ2n) is 13.7. The summed E-state index contributed by atoms with van der Waals surface area (Å²) >= 11 is 0. The van der Waals surface area contributed by atoms with Crippen molar-refractivity contribution in [3.8, 4) is 0 Å². The van der Waals surface area contributed by atoms with Crippen molar-refractivity contribution in [1.82, 2.24) is 20.9 Å². The minimum Gasteiger partial charge on any atom is -0.444 e. The molecule has 41 heavy (non-hydrogen) atoms. The van der Waals surface area contributed by atoms with E-state index in [0.29, 0.717) is 13.0 Å². The van der Waals surface area contributed by atoms with Crippen molar-refractivity contribution in [3.05, 3.63) is 12.2 Å². The molecule has 11 nitrogen and oxygen atoms in total. The number of primary amides is 1. The Kier molecular flexibility index (Phi) is 7.89. The number of nitrogens with one attached hydrogen (secondary N) is 3. The van der Waals surface area contributed by atoms with Crippen LogP contribution in [-0.4, -0.2) is 77.4 Å². The zero-order chi connectivity index (χ0) is 30.7. The third kappa shape index (κ3) is 5.90. The summed E-state index contributed by atoms with van der Waals surface area (Å²) in [6, 6.07) is -3.73. The number of allylic oxidation sites excluding steroid dienone is 2. The van der Waals surface area contributed by atoms with E-state index in [1.807, 2.05) is 0 Å². The van der Waals surface area contributed by atoms with Gasteiger partial charge in [0.15, 0.2) is 0 Å². The van der Waals surface area contributed by atoms with Crippen LogP contribution in [0.1, 0.15) is 54.4 Å². The standard InChI is InChI=1S/C28H41F2N5O6/c1-26(2,3)20(34-25(40)41-27(4,5)6)24(39)35-12-14-15-7-8-16(28(15,29)30)18(14)19(35)23(38)33-17(21(31)36)11-13-9-10-32-22(13)37/h7-8,13-20H,9-12H2,1-6H3,(H2,31,36)(H,32,37)(H,33,38)(H,34,40)/t13-,14+,15-,16+,17-,18+,19-,20+/m0/s1. The second-order valence-corrected chi connectivity index (χ2v) is 13.7. The van der Waals surface area contributed by atoms with Gasteiger partial charge in [0.2, 0.25) is 23.6 Å². The van der Waals surface area contributed by atoms with Gasteiger partial charge in [-0.2, -0.15) is 0 Å². The van der Waals surface area contributed by atoms with Crippen LogP contribution in [0.25, 0.3) is 0 Å². The normalized spacial score (nSPS) is 31.3. The number of hydrogen-bond donors (Lipinski definition) is 4. The fourth-order valence-electron chi connectivity index (χ4n) is 6.69. The average Bonchev–Trinajstić information content (AvgIpc) is 3.54. The van der Waals surface area contributed by atoms with E-state index in [-0.39, 0.29) is 18.9 Å². The summed E-state index contributed by atoms with van der Waals surface area (Å²) in [6.07, 6.45) is 2.42. The highest BCUT2D eigenvalue weighted by atomic mass is 19.3. The van der Waals surface area contributed by atoms with Gasteiger partial charge in [-0.3, -0.25) is 19.2 Å². The third-order valence-corrected chi connectivity index (χ3v) is 8.56. The number of carbonyl (C=O) groups is 5. The maximum Gasteiger partial charge on any atom is 0.408 e. The number of halogens is 2. The zero-order valence-corrected chi connectivity index (χ0v) is 24.3. The lowest BCUT2D eigenvalue weighted by molar-refractivity contribution is -0.145. The van der Waals surface area contributed by atoms with Crippen molar-refractivity contribution >= 4 is 29.7 Å². The fourth-order valence-corrected chi connectivity index (χ4v) is 6.69. The highest BCUT2D eigenvalue weighted by Gasteiger charge is 2.70. The summed E-state index contributed by atoms with van der Waals surface area (Å²) in [5.74, 6) is -10.2. The van der Waals surface area contributed by atoms with E-state index >= 15 is 8.78 Å². The molecule has 0 aromatic rings.